The van der Waals surface area contributed by atoms with Crippen molar-refractivity contribution in [2.75, 3.05) is 0 Å². The van der Waals surface area contributed by atoms with Gasteiger partial charge in [0.25, 0.3) is 0 Å². The van der Waals surface area contributed by atoms with E-state index in [1.807, 2.05) is 60.7 Å². The summed E-state index contributed by atoms with van der Waals surface area (Å²) in [6.07, 6.45) is 1.81. The van der Waals surface area contributed by atoms with Gasteiger partial charge in [0.15, 0.2) is 0 Å². The molecule has 0 heterocycles. The topological polar surface area (TPSA) is 52.3 Å². The van der Waals surface area contributed by atoms with Crippen LogP contribution < -0.4 is 5.73 Å². The molecule has 2 rings (SSSR count). The normalized spacial score (nSPS) is 11.2. The molecule has 0 radical (unpaired) electrons. The van der Waals surface area contributed by atoms with Gasteiger partial charge in [0.2, 0.25) is 0 Å². The second-order valence-electron chi connectivity index (χ2n) is 4.83. The van der Waals surface area contributed by atoms with Gasteiger partial charge in [0.05, 0.1) is 0 Å². The Balaban J connectivity index is 1.96. The molecule has 0 aromatic heterocycles. The minimum absolute atomic E-state index is 0.289. The predicted molar refractivity (Wildman–Crippen MR) is 84.2 cm³/mol. The van der Waals surface area contributed by atoms with Crippen LogP contribution in [-0.2, 0) is 22.7 Å². The fraction of sp³-hybridized carbons (Fsp3) is 0.167. The van der Waals surface area contributed by atoms with Gasteiger partial charge < -0.3 is 10.5 Å². The van der Waals surface area contributed by atoms with E-state index in [-0.39, 0.29) is 12.6 Å². The molecule has 0 unspecified atom stereocenters. The molecule has 0 aliphatic carbocycles. The standard InChI is InChI=1S/C18H19NO2/c1-14(11-15-7-9-16(12-19)10-8-15)18(20)21-13-17-5-3-2-4-6-17/h2-11H,12-13,19H2,1H3. The summed E-state index contributed by atoms with van der Waals surface area (Å²) in [6.45, 7) is 2.56. The van der Waals surface area contributed by atoms with Crippen LogP contribution in [0.3, 0.4) is 0 Å². The molecular formula is C18H19NO2. The highest BCUT2D eigenvalue weighted by molar-refractivity contribution is 5.92. The molecule has 0 saturated carbocycles. The Hall–Kier alpha value is -2.39. The van der Waals surface area contributed by atoms with Crippen molar-refractivity contribution >= 4 is 12.0 Å². The van der Waals surface area contributed by atoms with Gasteiger partial charge in [-0.3, -0.25) is 0 Å². The molecule has 3 heteroatoms. The van der Waals surface area contributed by atoms with Crippen LogP contribution in [0.25, 0.3) is 6.08 Å². The number of hydrogen-bond acceptors (Lipinski definition) is 3. The molecule has 0 bridgehead atoms. The van der Waals surface area contributed by atoms with E-state index in [1.54, 1.807) is 6.92 Å². The lowest BCUT2D eigenvalue weighted by atomic mass is 10.1. The van der Waals surface area contributed by atoms with Gasteiger partial charge in [-0.1, -0.05) is 54.6 Å². The first-order chi connectivity index (χ1) is 10.2. The molecule has 0 amide bonds. The summed E-state index contributed by atoms with van der Waals surface area (Å²) < 4.78 is 5.28. The summed E-state index contributed by atoms with van der Waals surface area (Å²) in [5.41, 5.74) is 9.13. The average Bonchev–Trinajstić information content (AvgIpc) is 2.54. The average molecular weight is 281 g/mol. The third-order valence-corrected chi connectivity index (χ3v) is 3.13. The smallest absolute Gasteiger partial charge is 0.334 e. The zero-order valence-corrected chi connectivity index (χ0v) is 12.1. The molecule has 0 aliphatic rings. The van der Waals surface area contributed by atoms with E-state index in [4.69, 9.17) is 10.5 Å². The zero-order chi connectivity index (χ0) is 15.1. The molecule has 3 nitrogen and oxygen atoms in total. The summed E-state index contributed by atoms with van der Waals surface area (Å²) in [4.78, 5) is 11.9. The van der Waals surface area contributed by atoms with Crippen molar-refractivity contribution < 1.29 is 9.53 Å². The summed E-state index contributed by atoms with van der Waals surface area (Å²) in [5, 5.41) is 0. The van der Waals surface area contributed by atoms with Crippen molar-refractivity contribution in [1.29, 1.82) is 0 Å². The van der Waals surface area contributed by atoms with E-state index in [2.05, 4.69) is 0 Å². The molecule has 0 atom stereocenters. The predicted octanol–water partition coefficient (Wildman–Crippen LogP) is 3.29. The van der Waals surface area contributed by atoms with Crippen LogP contribution in [0.4, 0.5) is 0 Å². The maximum absolute atomic E-state index is 11.9. The van der Waals surface area contributed by atoms with Gasteiger partial charge in [-0.05, 0) is 29.7 Å². The Kier molecular flexibility index (Phi) is 5.29. The van der Waals surface area contributed by atoms with Crippen LogP contribution in [0.5, 0.6) is 0 Å². The van der Waals surface area contributed by atoms with Crippen molar-refractivity contribution in [3.05, 3.63) is 76.9 Å². The minimum atomic E-state index is -0.304. The number of benzene rings is 2. The lowest BCUT2D eigenvalue weighted by molar-refractivity contribution is -0.140. The Morgan fingerprint density at radius 1 is 1.05 bits per heavy atom. The van der Waals surface area contributed by atoms with Gasteiger partial charge in [0, 0.05) is 12.1 Å². The molecular weight excluding hydrogens is 262 g/mol. The summed E-state index contributed by atoms with van der Waals surface area (Å²) in [7, 11) is 0. The van der Waals surface area contributed by atoms with Crippen LogP contribution in [-0.4, -0.2) is 5.97 Å². The molecule has 0 fully saturated rings. The number of hydrogen-bond donors (Lipinski definition) is 1. The Labute approximate surface area is 125 Å². The molecule has 108 valence electrons. The van der Waals surface area contributed by atoms with Crippen LogP contribution in [0, 0.1) is 0 Å². The van der Waals surface area contributed by atoms with E-state index in [0.717, 1.165) is 16.7 Å². The van der Waals surface area contributed by atoms with Crippen molar-refractivity contribution in [2.45, 2.75) is 20.1 Å². The molecule has 2 aromatic carbocycles. The van der Waals surface area contributed by atoms with Gasteiger partial charge in [-0.25, -0.2) is 4.79 Å². The maximum Gasteiger partial charge on any atom is 0.334 e. The highest BCUT2D eigenvalue weighted by atomic mass is 16.5. The second-order valence-corrected chi connectivity index (χ2v) is 4.83. The Morgan fingerprint density at radius 3 is 2.33 bits per heavy atom. The summed E-state index contributed by atoms with van der Waals surface area (Å²) in [5.74, 6) is -0.304. The lowest BCUT2D eigenvalue weighted by Gasteiger charge is -2.05. The highest BCUT2D eigenvalue weighted by Gasteiger charge is 2.06. The molecule has 0 aliphatic heterocycles. The van der Waals surface area contributed by atoms with Crippen LogP contribution in [0.1, 0.15) is 23.6 Å². The summed E-state index contributed by atoms with van der Waals surface area (Å²) in [6, 6.07) is 17.4. The second kappa shape index (κ2) is 7.41. The first-order valence-corrected chi connectivity index (χ1v) is 6.87. The number of esters is 1. The highest BCUT2D eigenvalue weighted by Crippen LogP contribution is 2.11. The van der Waals surface area contributed by atoms with Crippen molar-refractivity contribution in [2.24, 2.45) is 5.73 Å². The van der Waals surface area contributed by atoms with Crippen LogP contribution in [0.2, 0.25) is 0 Å². The number of ether oxygens (including phenoxy) is 1. The van der Waals surface area contributed by atoms with Crippen molar-refractivity contribution in [3.63, 3.8) is 0 Å². The zero-order valence-electron chi connectivity index (χ0n) is 12.1. The van der Waals surface area contributed by atoms with Gasteiger partial charge >= 0.3 is 5.97 Å². The van der Waals surface area contributed by atoms with Crippen LogP contribution in [0.15, 0.2) is 60.2 Å². The van der Waals surface area contributed by atoms with Gasteiger partial charge in [-0.15, -0.1) is 0 Å². The molecule has 0 spiro atoms. The van der Waals surface area contributed by atoms with E-state index in [0.29, 0.717) is 12.1 Å². The van der Waals surface area contributed by atoms with Crippen molar-refractivity contribution in [1.82, 2.24) is 0 Å². The van der Waals surface area contributed by atoms with E-state index in [9.17, 15) is 4.79 Å². The molecule has 21 heavy (non-hydrogen) atoms. The summed E-state index contributed by atoms with van der Waals surface area (Å²) >= 11 is 0. The van der Waals surface area contributed by atoms with Gasteiger partial charge in [-0.2, -0.15) is 0 Å². The maximum atomic E-state index is 11.9. The third kappa shape index (κ3) is 4.58. The fourth-order valence-corrected chi connectivity index (χ4v) is 1.90. The molecule has 2 aromatic rings. The number of carbonyl (C=O) groups is 1. The van der Waals surface area contributed by atoms with Crippen molar-refractivity contribution in [3.8, 4) is 0 Å². The van der Waals surface area contributed by atoms with E-state index >= 15 is 0 Å². The third-order valence-electron chi connectivity index (χ3n) is 3.13. The molecule has 0 saturated heterocycles. The van der Waals surface area contributed by atoms with E-state index < -0.39 is 0 Å². The van der Waals surface area contributed by atoms with E-state index in [1.165, 1.54) is 0 Å². The van der Waals surface area contributed by atoms with Crippen LogP contribution >= 0.6 is 0 Å². The number of carbonyl (C=O) groups excluding carboxylic acids is 1. The first-order valence-electron chi connectivity index (χ1n) is 6.87. The Morgan fingerprint density at radius 2 is 1.71 bits per heavy atom. The lowest BCUT2D eigenvalue weighted by Crippen LogP contribution is -2.05. The minimum Gasteiger partial charge on any atom is -0.457 e. The van der Waals surface area contributed by atoms with Gasteiger partial charge in [0.1, 0.15) is 6.61 Å². The largest absolute Gasteiger partial charge is 0.457 e. The fourth-order valence-electron chi connectivity index (χ4n) is 1.90. The number of rotatable bonds is 5. The number of nitrogens with two attached hydrogens (primary N) is 1. The quantitative estimate of drug-likeness (QED) is 0.676. The first kappa shape index (κ1) is 15.0. The Bertz CT molecular complexity index is 615. The molecule has 2 N–H and O–H groups in total. The SMILES string of the molecule is CC(=Cc1ccc(CN)cc1)C(=O)OCc1ccccc1. The monoisotopic (exact) mass is 281 g/mol.